The van der Waals surface area contributed by atoms with Crippen LogP contribution in [0.2, 0.25) is 0 Å². The first kappa shape index (κ1) is 16.6. The highest BCUT2D eigenvalue weighted by Crippen LogP contribution is 2.23. The molecule has 3 rings (SSSR count). The fraction of sp³-hybridized carbons (Fsp3) is 0.0588. The van der Waals surface area contributed by atoms with E-state index in [9.17, 15) is 13.2 Å². The number of benzene rings is 2. The number of nitrogen functional groups attached to an aromatic ring is 1. The normalized spacial score (nSPS) is 11.8. The van der Waals surface area contributed by atoms with Crippen LogP contribution >= 0.6 is 0 Å². The van der Waals surface area contributed by atoms with E-state index in [4.69, 9.17) is 5.73 Å². The fourth-order valence-electron chi connectivity index (χ4n) is 2.06. The molecule has 0 radical (unpaired) electrons. The summed E-state index contributed by atoms with van der Waals surface area (Å²) < 4.78 is 41.7. The van der Waals surface area contributed by atoms with E-state index in [0.717, 1.165) is 5.56 Å². The number of hydrogen-bond acceptors (Lipinski definition) is 4. The Kier molecular flexibility index (Phi) is 4.42. The third-order valence-electron chi connectivity index (χ3n) is 3.21. The highest BCUT2D eigenvalue weighted by Gasteiger charge is 2.30. The third-order valence-corrected chi connectivity index (χ3v) is 3.21. The van der Waals surface area contributed by atoms with Gasteiger partial charge in [-0.15, -0.1) is 18.3 Å². The van der Waals surface area contributed by atoms with Crippen molar-refractivity contribution in [2.75, 3.05) is 5.73 Å². The first-order chi connectivity index (χ1) is 11.9. The lowest BCUT2D eigenvalue weighted by atomic mass is 10.2. The Morgan fingerprint density at radius 3 is 2.28 bits per heavy atom. The molecule has 0 aliphatic carbocycles. The average molecular weight is 346 g/mol. The van der Waals surface area contributed by atoms with Crippen LogP contribution in [0.4, 0.5) is 18.9 Å². The quantitative estimate of drug-likeness (QED) is 0.727. The molecule has 1 heterocycles. The summed E-state index contributed by atoms with van der Waals surface area (Å²) in [6.45, 7) is 0. The number of halogens is 3. The maximum atomic E-state index is 12.2. The molecule has 25 heavy (non-hydrogen) atoms. The summed E-state index contributed by atoms with van der Waals surface area (Å²) in [5, 5.41) is 4.25. The first-order valence-corrected chi connectivity index (χ1v) is 7.20. The third kappa shape index (κ3) is 4.60. The Morgan fingerprint density at radius 1 is 0.960 bits per heavy atom. The molecule has 0 atom stereocenters. The van der Waals surface area contributed by atoms with Crippen molar-refractivity contribution in [1.29, 1.82) is 0 Å². The Morgan fingerprint density at radius 2 is 1.64 bits per heavy atom. The van der Waals surface area contributed by atoms with Gasteiger partial charge >= 0.3 is 6.36 Å². The lowest BCUT2D eigenvalue weighted by Crippen LogP contribution is -2.17. The minimum absolute atomic E-state index is 0.292. The molecule has 0 saturated heterocycles. The van der Waals surface area contributed by atoms with Gasteiger partial charge in [0.15, 0.2) is 5.82 Å². The van der Waals surface area contributed by atoms with E-state index >= 15 is 0 Å². The second-order valence-corrected chi connectivity index (χ2v) is 5.09. The van der Waals surface area contributed by atoms with E-state index in [1.165, 1.54) is 35.3 Å². The molecule has 2 N–H and O–H groups in total. The average Bonchev–Trinajstić information content (AvgIpc) is 3.02. The molecule has 1 aromatic heterocycles. The van der Waals surface area contributed by atoms with Crippen LogP contribution in [-0.2, 0) is 0 Å². The zero-order valence-corrected chi connectivity index (χ0v) is 12.8. The van der Waals surface area contributed by atoms with Gasteiger partial charge in [0.1, 0.15) is 12.1 Å². The monoisotopic (exact) mass is 346 g/mol. The zero-order chi connectivity index (χ0) is 17.9. The van der Waals surface area contributed by atoms with E-state index in [2.05, 4.69) is 14.8 Å². The van der Waals surface area contributed by atoms with Crippen LogP contribution in [-0.4, -0.2) is 21.1 Å². The molecule has 0 aliphatic heterocycles. The van der Waals surface area contributed by atoms with Gasteiger partial charge in [-0.05, 0) is 48.0 Å². The van der Waals surface area contributed by atoms with Gasteiger partial charge in [-0.3, -0.25) is 0 Å². The predicted molar refractivity (Wildman–Crippen MR) is 87.8 cm³/mol. The summed E-state index contributed by atoms with van der Waals surface area (Å²) in [7, 11) is 0. The number of anilines is 1. The number of rotatable bonds is 4. The molecule has 3 aromatic rings. The molecular weight excluding hydrogens is 333 g/mol. The summed E-state index contributed by atoms with van der Waals surface area (Å²) in [5.41, 5.74) is 7.81. The predicted octanol–water partition coefficient (Wildman–Crippen LogP) is 3.92. The molecule has 0 bridgehead atoms. The van der Waals surface area contributed by atoms with Crippen molar-refractivity contribution in [2.45, 2.75) is 6.36 Å². The smallest absolute Gasteiger partial charge is 0.406 e. The Bertz CT molecular complexity index is 868. The molecular formula is C17H13F3N4O. The van der Waals surface area contributed by atoms with Gasteiger partial charge in [0.05, 0.1) is 5.69 Å². The number of nitrogens with zero attached hydrogens (tertiary/aromatic N) is 3. The van der Waals surface area contributed by atoms with Gasteiger partial charge in [0.25, 0.3) is 0 Å². The van der Waals surface area contributed by atoms with E-state index in [1.54, 1.807) is 18.2 Å². The highest BCUT2D eigenvalue weighted by molar-refractivity contribution is 5.67. The van der Waals surface area contributed by atoms with Gasteiger partial charge in [0.2, 0.25) is 0 Å². The maximum Gasteiger partial charge on any atom is 0.573 e. The minimum atomic E-state index is -4.71. The molecule has 0 fully saturated rings. The van der Waals surface area contributed by atoms with E-state index < -0.39 is 6.36 Å². The van der Waals surface area contributed by atoms with Gasteiger partial charge in [0, 0.05) is 5.69 Å². The van der Waals surface area contributed by atoms with Gasteiger partial charge in [-0.2, -0.15) is 0 Å². The summed E-state index contributed by atoms with van der Waals surface area (Å²) in [4.78, 5) is 4.14. The van der Waals surface area contributed by atoms with Crippen molar-refractivity contribution < 1.29 is 17.9 Å². The number of alkyl halides is 3. The zero-order valence-electron chi connectivity index (χ0n) is 12.8. The topological polar surface area (TPSA) is 66.0 Å². The summed E-state index contributed by atoms with van der Waals surface area (Å²) >= 11 is 0. The van der Waals surface area contributed by atoms with Gasteiger partial charge in [-0.1, -0.05) is 18.2 Å². The van der Waals surface area contributed by atoms with Crippen molar-refractivity contribution >= 4 is 17.8 Å². The van der Waals surface area contributed by atoms with Crippen molar-refractivity contribution in [3.8, 4) is 11.4 Å². The van der Waals surface area contributed by atoms with Crippen LogP contribution in [0.1, 0.15) is 11.4 Å². The highest BCUT2D eigenvalue weighted by atomic mass is 19.4. The van der Waals surface area contributed by atoms with E-state index in [0.29, 0.717) is 17.2 Å². The summed E-state index contributed by atoms with van der Waals surface area (Å²) in [6, 6.07) is 12.7. The van der Waals surface area contributed by atoms with Crippen molar-refractivity contribution in [3.63, 3.8) is 0 Å². The van der Waals surface area contributed by atoms with E-state index in [-0.39, 0.29) is 5.75 Å². The molecule has 128 valence electrons. The van der Waals surface area contributed by atoms with E-state index in [1.807, 2.05) is 18.2 Å². The van der Waals surface area contributed by atoms with Crippen molar-refractivity contribution in [3.05, 3.63) is 66.2 Å². The Labute approximate surface area is 141 Å². The SMILES string of the molecule is Nc1ccc(C=Cc2ncn(-c3ccc(OC(F)(F)F)cc3)n2)cc1. The standard InChI is InChI=1S/C17H13F3N4O/c18-17(19,20)25-15-8-6-14(7-9-15)24-11-22-16(23-24)10-3-12-1-4-13(21)5-2-12/h1-11H,21H2. The molecule has 0 saturated carbocycles. The Balaban J connectivity index is 1.71. The number of aromatic nitrogens is 3. The second kappa shape index (κ2) is 6.68. The van der Waals surface area contributed by atoms with Crippen LogP contribution in [0, 0.1) is 0 Å². The molecule has 2 aromatic carbocycles. The van der Waals surface area contributed by atoms with Crippen LogP contribution < -0.4 is 10.5 Å². The molecule has 0 unspecified atom stereocenters. The van der Waals surface area contributed by atoms with Crippen LogP contribution in [0.5, 0.6) is 5.75 Å². The first-order valence-electron chi connectivity index (χ1n) is 7.20. The second-order valence-electron chi connectivity index (χ2n) is 5.09. The number of nitrogens with two attached hydrogens (primary N) is 1. The van der Waals surface area contributed by atoms with Crippen LogP contribution in [0.15, 0.2) is 54.9 Å². The molecule has 0 spiro atoms. The lowest BCUT2D eigenvalue weighted by molar-refractivity contribution is -0.274. The molecule has 0 aliphatic rings. The van der Waals surface area contributed by atoms with Crippen LogP contribution in [0.25, 0.3) is 17.8 Å². The number of ether oxygens (including phenoxy) is 1. The lowest BCUT2D eigenvalue weighted by Gasteiger charge is -2.08. The Hall–Kier alpha value is -3.29. The van der Waals surface area contributed by atoms with Gasteiger partial charge < -0.3 is 10.5 Å². The maximum absolute atomic E-state index is 12.2. The minimum Gasteiger partial charge on any atom is -0.406 e. The summed E-state index contributed by atoms with van der Waals surface area (Å²) in [5.74, 6) is 0.173. The molecule has 8 heteroatoms. The summed E-state index contributed by atoms with van der Waals surface area (Å²) in [6.07, 6.45) is 0.319. The fourth-order valence-corrected chi connectivity index (χ4v) is 2.06. The van der Waals surface area contributed by atoms with Crippen molar-refractivity contribution in [2.24, 2.45) is 0 Å². The molecule has 0 amide bonds. The number of hydrogen-bond donors (Lipinski definition) is 1. The van der Waals surface area contributed by atoms with Gasteiger partial charge in [-0.25, -0.2) is 9.67 Å². The van der Waals surface area contributed by atoms with Crippen molar-refractivity contribution in [1.82, 2.24) is 14.8 Å². The largest absolute Gasteiger partial charge is 0.573 e. The van der Waals surface area contributed by atoms with Crippen LogP contribution in [0.3, 0.4) is 0 Å². The molecule has 5 nitrogen and oxygen atoms in total.